The summed E-state index contributed by atoms with van der Waals surface area (Å²) in [6, 6.07) is 3.97. The van der Waals surface area contributed by atoms with Crippen molar-refractivity contribution in [1.82, 2.24) is 9.78 Å². The Morgan fingerprint density at radius 1 is 1.34 bits per heavy atom. The third-order valence-electron chi connectivity index (χ3n) is 5.01. The molecule has 32 heavy (non-hydrogen) atoms. The van der Waals surface area contributed by atoms with Crippen molar-refractivity contribution in [2.75, 3.05) is 11.1 Å². The van der Waals surface area contributed by atoms with Gasteiger partial charge in [-0.25, -0.2) is 12.8 Å². The highest BCUT2D eigenvalue weighted by Gasteiger charge is 2.38. The standard InChI is InChI=1S/C19H24ClF4N5O2S/c1-11(9-32(30,31)18(2,3)17(25)26)13-6-12(4-5-15(13)21)27-7-16-14(20)8-29(28-16)10-19(22,23)24/h4-6,8,11,27H,7,9-10H2,1-3H3,(H3,25,26). The zero-order valence-electron chi connectivity index (χ0n) is 17.6. The molecule has 1 atom stereocenters. The molecule has 0 aliphatic rings. The topological polar surface area (TPSA) is 114 Å². The molecule has 0 radical (unpaired) electrons. The third-order valence-corrected chi connectivity index (χ3v) is 8.04. The van der Waals surface area contributed by atoms with Crippen molar-refractivity contribution in [3.8, 4) is 0 Å². The van der Waals surface area contributed by atoms with Crippen molar-refractivity contribution in [2.45, 2.75) is 50.7 Å². The van der Waals surface area contributed by atoms with Crippen LogP contribution in [-0.4, -0.2) is 40.7 Å². The lowest BCUT2D eigenvalue weighted by Gasteiger charge is -2.25. The van der Waals surface area contributed by atoms with Crippen molar-refractivity contribution in [1.29, 1.82) is 5.41 Å². The van der Waals surface area contributed by atoms with Crippen molar-refractivity contribution in [2.24, 2.45) is 5.73 Å². The summed E-state index contributed by atoms with van der Waals surface area (Å²) in [7, 11) is -3.87. The lowest BCUT2D eigenvalue weighted by molar-refractivity contribution is -0.142. The number of halogens is 5. The minimum absolute atomic E-state index is 0.0290. The fraction of sp³-hybridized carbons (Fsp3) is 0.474. The summed E-state index contributed by atoms with van der Waals surface area (Å²) >= 11 is 5.94. The molecule has 13 heteroatoms. The molecule has 0 spiro atoms. The highest BCUT2D eigenvalue weighted by atomic mass is 35.5. The van der Waals surface area contributed by atoms with Crippen LogP contribution in [0.1, 0.15) is 37.9 Å². The van der Waals surface area contributed by atoms with Crippen molar-refractivity contribution in [3.63, 3.8) is 0 Å². The number of nitrogens with two attached hydrogens (primary N) is 1. The lowest BCUT2D eigenvalue weighted by atomic mass is 10.0. The van der Waals surface area contributed by atoms with E-state index in [2.05, 4.69) is 10.4 Å². The van der Waals surface area contributed by atoms with Crippen LogP contribution in [0.5, 0.6) is 0 Å². The predicted molar refractivity (Wildman–Crippen MR) is 115 cm³/mol. The fourth-order valence-electron chi connectivity index (χ4n) is 2.83. The summed E-state index contributed by atoms with van der Waals surface area (Å²) in [6.45, 7) is 2.85. The first-order valence-corrected chi connectivity index (χ1v) is 11.4. The van der Waals surface area contributed by atoms with Crippen molar-refractivity contribution >= 4 is 33.0 Å². The van der Waals surface area contributed by atoms with Gasteiger partial charge < -0.3 is 11.1 Å². The minimum atomic E-state index is -4.45. The van der Waals surface area contributed by atoms with E-state index in [-0.39, 0.29) is 22.8 Å². The van der Waals surface area contributed by atoms with E-state index >= 15 is 0 Å². The molecule has 0 saturated carbocycles. The lowest BCUT2D eigenvalue weighted by Crippen LogP contribution is -2.46. The van der Waals surface area contributed by atoms with E-state index < -0.39 is 50.6 Å². The van der Waals surface area contributed by atoms with E-state index in [9.17, 15) is 26.0 Å². The van der Waals surface area contributed by atoms with Crippen LogP contribution in [0, 0.1) is 11.2 Å². The number of sulfone groups is 1. The Morgan fingerprint density at radius 3 is 2.53 bits per heavy atom. The van der Waals surface area contributed by atoms with Crippen molar-refractivity contribution < 1.29 is 26.0 Å². The number of amidine groups is 1. The minimum Gasteiger partial charge on any atom is -0.386 e. The van der Waals surface area contributed by atoms with E-state index in [4.69, 9.17) is 22.7 Å². The van der Waals surface area contributed by atoms with Gasteiger partial charge >= 0.3 is 6.18 Å². The second-order valence-electron chi connectivity index (χ2n) is 7.93. The van der Waals surface area contributed by atoms with Crippen LogP contribution >= 0.6 is 11.6 Å². The Morgan fingerprint density at radius 2 is 1.97 bits per heavy atom. The second kappa shape index (κ2) is 9.26. The average Bonchev–Trinajstić information content (AvgIpc) is 2.97. The van der Waals surface area contributed by atoms with E-state index in [0.717, 1.165) is 12.3 Å². The number of benzene rings is 1. The van der Waals surface area contributed by atoms with Gasteiger partial charge in [0.15, 0.2) is 9.84 Å². The highest BCUT2D eigenvalue weighted by molar-refractivity contribution is 7.93. The third kappa shape index (κ3) is 6.12. The molecule has 0 bridgehead atoms. The first kappa shape index (κ1) is 25.9. The second-order valence-corrected chi connectivity index (χ2v) is 10.9. The molecule has 2 aromatic rings. The molecule has 1 aromatic heterocycles. The quantitative estimate of drug-likeness (QED) is 0.274. The van der Waals surface area contributed by atoms with Crippen LogP contribution in [0.25, 0.3) is 0 Å². The van der Waals surface area contributed by atoms with Crippen LogP contribution in [0.15, 0.2) is 24.4 Å². The van der Waals surface area contributed by atoms with Crippen molar-refractivity contribution in [3.05, 3.63) is 46.5 Å². The van der Waals surface area contributed by atoms with Crippen LogP contribution in [0.3, 0.4) is 0 Å². The number of aromatic nitrogens is 2. The summed E-state index contributed by atoms with van der Waals surface area (Å²) in [5, 5.41) is 14.2. The molecule has 0 amide bonds. The molecule has 0 saturated heterocycles. The van der Waals surface area contributed by atoms with E-state index in [1.807, 2.05) is 0 Å². The Bertz CT molecular complexity index is 1100. The van der Waals surface area contributed by atoms with Gasteiger partial charge in [0, 0.05) is 11.9 Å². The van der Waals surface area contributed by atoms with Gasteiger partial charge in [-0.05, 0) is 43.5 Å². The number of alkyl halides is 3. The summed E-state index contributed by atoms with van der Waals surface area (Å²) < 4.78 is 76.3. The zero-order chi connectivity index (χ0) is 24.5. The van der Waals surface area contributed by atoms with Crippen LogP contribution in [-0.2, 0) is 22.9 Å². The number of rotatable bonds is 9. The maximum atomic E-state index is 14.4. The average molecular weight is 498 g/mol. The summed E-state index contributed by atoms with van der Waals surface area (Å²) in [5.41, 5.74) is 6.09. The number of nitrogens with one attached hydrogen (secondary N) is 2. The Balaban J connectivity index is 2.17. The number of nitrogens with zero attached hydrogens (tertiary/aromatic N) is 2. The van der Waals surface area contributed by atoms with E-state index in [1.165, 1.54) is 32.9 Å². The predicted octanol–water partition coefficient (Wildman–Crippen LogP) is 4.08. The molecule has 178 valence electrons. The largest absolute Gasteiger partial charge is 0.408 e. The molecule has 1 heterocycles. The molecular weight excluding hydrogens is 474 g/mol. The number of anilines is 1. The Labute approximate surface area is 188 Å². The van der Waals surface area contributed by atoms with E-state index in [1.54, 1.807) is 0 Å². The highest BCUT2D eigenvalue weighted by Crippen LogP contribution is 2.28. The fourth-order valence-corrected chi connectivity index (χ4v) is 4.64. The van der Waals surface area contributed by atoms with Gasteiger partial charge in [0.2, 0.25) is 0 Å². The van der Waals surface area contributed by atoms with Gasteiger partial charge in [-0.15, -0.1) is 0 Å². The van der Waals surface area contributed by atoms with Gasteiger partial charge in [-0.2, -0.15) is 18.3 Å². The molecule has 4 N–H and O–H groups in total. The molecule has 0 aliphatic heterocycles. The normalized spacial score (nSPS) is 13.8. The van der Waals surface area contributed by atoms with Crippen LogP contribution in [0.2, 0.25) is 5.02 Å². The smallest absolute Gasteiger partial charge is 0.386 e. The molecule has 1 unspecified atom stereocenters. The van der Waals surface area contributed by atoms with E-state index in [0.29, 0.717) is 10.4 Å². The maximum Gasteiger partial charge on any atom is 0.408 e. The molecular formula is C19H24ClF4N5O2S. The van der Waals surface area contributed by atoms with Gasteiger partial charge in [0.1, 0.15) is 28.6 Å². The summed E-state index contributed by atoms with van der Waals surface area (Å²) in [6.07, 6.45) is -3.38. The number of hydrogen-bond acceptors (Lipinski definition) is 5. The zero-order valence-corrected chi connectivity index (χ0v) is 19.2. The van der Waals surface area contributed by atoms with Crippen LogP contribution in [0.4, 0.5) is 23.2 Å². The molecule has 7 nitrogen and oxygen atoms in total. The molecule has 2 rings (SSSR count). The maximum absolute atomic E-state index is 14.4. The monoisotopic (exact) mass is 497 g/mol. The summed E-state index contributed by atoms with van der Waals surface area (Å²) in [5.74, 6) is -2.32. The van der Waals surface area contributed by atoms with Gasteiger partial charge in [0.25, 0.3) is 0 Å². The van der Waals surface area contributed by atoms with Crippen LogP contribution < -0.4 is 11.1 Å². The van der Waals surface area contributed by atoms with Gasteiger partial charge in [-0.1, -0.05) is 18.5 Å². The first-order chi connectivity index (χ1) is 14.5. The molecule has 0 fully saturated rings. The van der Waals surface area contributed by atoms with Gasteiger partial charge in [0.05, 0.1) is 17.3 Å². The van der Waals surface area contributed by atoms with Gasteiger partial charge in [-0.3, -0.25) is 10.1 Å². The number of hydrogen-bond donors (Lipinski definition) is 3. The molecule has 1 aromatic carbocycles. The first-order valence-electron chi connectivity index (χ1n) is 9.42. The Kier molecular flexibility index (Phi) is 7.50. The SMILES string of the molecule is CC(CS(=O)(=O)C(C)(C)C(=N)N)c1cc(NCc2nn(CC(F)(F)F)cc2Cl)ccc1F. The molecule has 0 aliphatic carbocycles. The summed E-state index contributed by atoms with van der Waals surface area (Å²) in [4.78, 5) is 0. The Hall–Kier alpha value is -2.34.